The first kappa shape index (κ1) is 75.5. The van der Waals surface area contributed by atoms with Gasteiger partial charge in [0.15, 0.2) is 0 Å². The van der Waals surface area contributed by atoms with Gasteiger partial charge in [-0.25, -0.2) is 0 Å². The van der Waals surface area contributed by atoms with E-state index in [0.29, 0.717) is 16.7 Å². The Hall–Kier alpha value is -12.7. The lowest BCUT2D eigenvalue weighted by Crippen LogP contribution is -1.98. The number of pyridine rings is 5. The van der Waals surface area contributed by atoms with Crippen molar-refractivity contribution in [3.63, 3.8) is 0 Å². The van der Waals surface area contributed by atoms with Crippen LogP contribution in [0.5, 0.6) is 0 Å². The molecule has 0 saturated carbocycles. The maximum Gasteiger partial charge on any atom is 0.282 e. The quantitative estimate of drug-likeness (QED) is 0.0862. The molecule has 20 nitrogen and oxygen atoms in total. The van der Waals surface area contributed by atoms with Gasteiger partial charge in [-0.15, -0.1) is 0 Å². The van der Waals surface area contributed by atoms with Crippen LogP contribution in [0.25, 0.3) is 54.0 Å². The fraction of sp³-hybridized carbons (Fsp3) is 0.0244. The summed E-state index contributed by atoms with van der Waals surface area (Å²) >= 11 is 0. The largest absolute Gasteiger partial charge is 0.282 e. The van der Waals surface area contributed by atoms with Gasteiger partial charge in [0.2, 0.25) is 0 Å². The minimum Gasteiger partial charge on any atom is -0.264 e. The molecule has 15 rings (SSSR count). The third kappa shape index (κ3) is 20.2. The average molecular weight is 1510 g/mol. The van der Waals surface area contributed by atoms with Gasteiger partial charge in [0.25, 0.3) is 50.1 Å². The summed E-state index contributed by atoms with van der Waals surface area (Å²) in [6.45, 7) is 3.81. The molecule has 25 heteroatoms. The predicted octanol–water partition coefficient (Wildman–Crippen LogP) is 15.8. The molecule has 532 valence electrons. The molecule has 107 heavy (non-hydrogen) atoms. The number of sulfonamides is 5. The number of aryl methyl sites for hydroxylation is 2. The summed E-state index contributed by atoms with van der Waals surface area (Å²) in [6, 6.07) is 77.2. The van der Waals surface area contributed by atoms with E-state index in [2.05, 4.69) is 46.9 Å². The smallest absolute Gasteiger partial charge is 0.264 e. The molecule has 0 aliphatic rings. The van der Waals surface area contributed by atoms with E-state index in [0.717, 1.165) is 76.2 Å². The first-order chi connectivity index (χ1) is 51.6. The fourth-order valence-electron chi connectivity index (χ4n) is 10.4. The number of aromatic nitrogens is 5. The van der Waals surface area contributed by atoms with Crippen LogP contribution in [0.4, 0.5) is 0 Å². The SMILES string of the molecule is Cc1ccc(S(=O)(=O)N=Cc2cccc3cnccc23)cc1.Cc1ccc(S(=O)(=O)N=Cc2cncc3ccccc23)cc1.O=S(=O)(N=Cc1cccc2cccnc12)c1ccccc1.O=S(=O)(N=Cc1cccc2cnccc12)c1ccccc1.O=S(=O)(N=Cc1cncc2ccccc12)c1ccccc1. The van der Waals surface area contributed by atoms with Crippen LogP contribution < -0.4 is 0 Å². The summed E-state index contributed by atoms with van der Waals surface area (Å²) in [6.07, 6.45) is 22.0. The normalized spacial score (nSPS) is 12.0. The molecule has 0 radical (unpaired) electrons. The van der Waals surface area contributed by atoms with Crippen LogP contribution >= 0.6 is 0 Å². The molecule has 5 heterocycles. The lowest BCUT2D eigenvalue weighted by atomic mass is 10.1. The summed E-state index contributed by atoms with van der Waals surface area (Å²) in [4.78, 5) is 21.5. The summed E-state index contributed by atoms with van der Waals surface area (Å²) < 4.78 is 141. The molecule has 0 saturated heterocycles. The van der Waals surface area contributed by atoms with Crippen molar-refractivity contribution in [2.75, 3.05) is 0 Å². The number of para-hydroxylation sites is 1. The van der Waals surface area contributed by atoms with Gasteiger partial charge in [0.1, 0.15) is 0 Å². The average Bonchev–Trinajstić information content (AvgIpc) is 0.833. The summed E-state index contributed by atoms with van der Waals surface area (Å²) in [5.41, 5.74) is 6.25. The van der Waals surface area contributed by atoms with E-state index in [1.807, 2.05) is 135 Å². The highest BCUT2D eigenvalue weighted by molar-refractivity contribution is 7.91. The van der Waals surface area contributed by atoms with Gasteiger partial charge in [0, 0.05) is 142 Å². The summed E-state index contributed by atoms with van der Waals surface area (Å²) in [7, 11) is -18.4. The molecule has 0 unspecified atom stereocenters. The molecule has 0 aliphatic carbocycles. The zero-order valence-corrected chi connectivity index (χ0v) is 61.2. The van der Waals surface area contributed by atoms with Crippen LogP contribution in [0.2, 0.25) is 0 Å². The van der Waals surface area contributed by atoms with E-state index in [4.69, 9.17) is 0 Å². The van der Waals surface area contributed by atoms with Crippen LogP contribution in [-0.4, -0.2) is 98.1 Å². The van der Waals surface area contributed by atoms with Gasteiger partial charge >= 0.3 is 0 Å². The number of nitrogens with zero attached hydrogens (tertiary/aromatic N) is 10. The van der Waals surface area contributed by atoms with Crippen LogP contribution in [0, 0.1) is 13.8 Å². The maximum absolute atomic E-state index is 12.2. The van der Waals surface area contributed by atoms with Crippen LogP contribution in [0.1, 0.15) is 38.9 Å². The predicted molar refractivity (Wildman–Crippen MR) is 424 cm³/mol. The number of fused-ring (bicyclic) bond motifs is 5. The molecular weight excluding hydrogens is 1450 g/mol. The first-order valence-electron chi connectivity index (χ1n) is 32.6. The molecule has 0 N–H and O–H groups in total. The van der Waals surface area contributed by atoms with Crippen molar-refractivity contribution < 1.29 is 42.1 Å². The maximum atomic E-state index is 12.2. The van der Waals surface area contributed by atoms with E-state index in [-0.39, 0.29) is 24.5 Å². The van der Waals surface area contributed by atoms with Crippen molar-refractivity contribution in [1.82, 2.24) is 24.9 Å². The zero-order chi connectivity index (χ0) is 75.3. The molecule has 0 spiro atoms. The monoisotopic (exact) mass is 1510 g/mol. The van der Waals surface area contributed by atoms with Crippen molar-refractivity contribution in [1.29, 1.82) is 0 Å². The van der Waals surface area contributed by atoms with E-state index < -0.39 is 50.1 Å². The van der Waals surface area contributed by atoms with E-state index in [1.165, 1.54) is 67.5 Å². The Labute approximate surface area is 619 Å². The molecule has 0 fully saturated rings. The molecule has 0 atom stereocenters. The van der Waals surface area contributed by atoms with Gasteiger partial charge in [-0.3, -0.25) is 24.9 Å². The molecule has 0 amide bonds. The van der Waals surface area contributed by atoms with Gasteiger partial charge in [-0.2, -0.15) is 64.1 Å². The third-order valence-corrected chi connectivity index (χ3v) is 22.2. The first-order valence-corrected chi connectivity index (χ1v) is 39.8. The topological polar surface area (TPSA) is 297 Å². The van der Waals surface area contributed by atoms with Crippen molar-refractivity contribution in [3.8, 4) is 0 Å². The Balaban J connectivity index is 0.000000133. The molecule has 0 bridgehead atoms. The minimum absolute atomic E-state index is 0.175. The summed E-state index contributed by atoms with van der Waals surface area (Å²) in [5.74, 6) is 0. The fourth-order valence-corrected chi connectivity index (χ4v) is 14.7. The highest BCUT2D eigenvalue weighted by Crippen LogP contribution is 2.24. The van der Waals surface area contributed by atoms with Crippen LogP contribution in [-0.2, 0) is 50.1 Å². The Kier molecular flexibility index (Phi) is 24.5. The molecule has 10 aromatic carbocycles. The van der Waals surface area contributed by atoms with Gasteiger partial charge in [0.05, 0.1) is 30.0 Å². The second-order valence-electron chi connectivity index (χ2n) is 23.3. The lowest BCUT2D eigenvalue weighted by Gasteiger charge is -2.02. The standard InChI is InChI=1S/2C17H14N2O2S.3C16H12N2O2S/c1-13-5-7-16(8-6-13)22(20,21)19-12-15-4-2-3-14-11-18-10-9-17(14)15;1-13-6-8-16(9-7-13)22(20,21)19-12-15-11-18-10-14-4-2-3-5-17(14)15;19-21(20,15-9-2-1-3-10-15)18-12-14-7-4-6-13-8-5-11-17-16(13)14;19-21(20,15-7-2-1-3-8-15)18-12-14-6-4-5-13-11-17-10-9-16(13)14;19-21(20,15-7-2-1-3-8-15)18-12-14-11-17-10-13-6-4-5-9-16(13)14/h2*2-12H,1H3;3*1-12H. The van der Waals surface area contributed by atoms with Crippen LogP contribution in [0.15, 0.2) is 369 Å². The number of hydrogen-bond donors (Lipinski definition) is 0. The highest BCUT2D eigenvalue weighted by Gasteiger charge is 2.16. The molecule has 5 aromatic heterocycles. The van der Waals surface area contributed by atoms with Gasteiger partial charge < -0.3 is 0 Å². The van der Waals surface area contributed by atoms with Crippen molar-refractivity contribution in [2.24, 2.45) is 22.0 Å². The third-order valence-electron chi connectivity index (χ3n) is 15.9. The van der Waals surface area contributed by atoms with Crippen molar-refractivity contribution in [2.45, 2.75) is 38.3 Å². The van der Waals surface area contributed by atoms with Gasteiger partial charge in [-0.1, -0.05) is 199 Å². The number of benzene rings is 10. The van der Waals surface area contributed by atoms with Crippen LogP contribution in [0.3, 0.4) is 0 Å². The van der Waals surface area contributed by atoms with Crippen molar-refractivity contribution in [3.05, 3.63) is 362 Å². The second kappa shape index (κ2) is 34.8. The van der Waals surface area contributed by atoms with E-state index in [9.17, 15) is 42.1 Å². The number of rotatable bonds is 15. The Morgan fingerprint density at radius 1 is 0.234 bits per heavy atom. The van der Waals surface area contributed by atoms with Gasteiger partial charge in [-0.05, 0) is 114 Å². The molecule has 0 aliphatic heterocycles. The van der Waals surface area contributed by atoms with E-state index in [1.54, 1.807) is 165 Å². The molecular formula is C82H64N10O10S5. The minimum atomic E-state index is -3.70. The Morgan fingerprint density at radius 3 is 0.897 bits per heavy atom. The number of hydrogen-bond acceptors (Lipinski definition) is 15. The summed E-state index contributed by atoms with van der Waals surface area (Å²) in [5, 5.41) is 8.38. The Morgan fingerprint density at radius 2 is 0.514 bits per heavy atom. The van der Waals surface area contributed by atoms with Crippen molar-refractivity contribution >= 4 is 135 Å². The molecule has 15 aromatic rings. The highest BCUT2D eigenvalue weighted by atomic mass is 32.2. The second-order valence-corrected chi connectivity index (χ2v) is 31.5. The zero-order valence-electron chi connectivity index (χ0n) is 57.1. The lowest BCUT2D eigenvalue weighted by molar-refractivity contribution is 0.596. The Bertz CT molecular complexity index is 5870. The van der Waals surface area contributed by atoms with E-state index >= 15 is 0 Å².